The van der Waals surface area contributed by atoms with Crippen LogP contribution in [0.4, 0.5) is 0 Å². The number of nitrogens with zero attached hydrogens (tertiary/aromatic N) is 1. The molecule has 1 aliphatic heterocycles. The largest absolute Gasteiger partial charge is 0.354 e. The van der Waals surface area contributed by atoms with Crippen molar-refractivity contribution in [2.24, 2.45) is 0 Å². The van der Waals surface area contributed by atoms with Crippen molar-refractivity contribution >= 4 is 22.6 Å². The molecule has 0 bridgehead atoms. The van der Waals surface area contributed by atoms with Gasteiger partial charge in [-0.2, -0.15) is 0 Å². The minimum atomic E-state index is -0.432. The average molecular weight is 282 g/mol. The minimum absolute atomic E-state index is 0.0728. The van der Waals surface area contributed by atoms with Gasteiger partial charge in [0.25, 0.3) is 5.91 Å². The van der Waals surface area contributed by atoms with E-state index in [1.165, 1.54) is 0 Å². The van der Waals surface area contributed by atoms with E-state index in [4.69, 9.17) is 0 Å². The first-order valence-electron chi connectivity index (χ1n) is 7.25. The molecule has 2 aromatic carbocycles. The van der Waals surface area contributed by atoms with Crippen molar-refractivity contribution in [1.29, 1.82) is 0 Å². The monoisotopic (exact) mass is 282 g/mol. The maximum absolute atomic E-state index is 12.9. The van der Waals surface area contributed by atoms with Crippen LogP contribution >= 0.6 is 0 Å². The van der Waals surface area contributed by atoms with Crippen LogP contribution < -0.4 is 5.32 Å². The summed E-state index contributed by atoms with van der Waals surface area (Å²) in [7, 11) is 0. The number of hydrogen-bond donors (Lipinski definition) is 1. The fourth-order valence-electron chi connectivity index (χ4n) is 2.79. The zero-order valence-electron chi connectivity index (χ0n) is 12.0. The van der Waals surface area contributed by atoms with E-state index in [-0.39, 0.29) is 11.8 Å². The smallest absolute Gasteiger partial charge is 0.255 e. The van der Waals surface area contributed by atoms with Gasteiger partial charge in [0.05, 0.1) is 0 Å². The van der Waals surface area contributed by atoms with E-state index >= 15 is 0 Å². The van der Waals surface area contributed by atoms with E-state index in [0.29, 0.717) is 18.7 Å². The third kappa shape index (κ3) is 2.49. The highest BCUT2D eigenvalue weighted by Crippen LogP contribution is 2.21. The lowest BCUT2D eigenvalue weighted by atomic mass is 10.0. The van der Waals surface area contributed by atoms with Crippen molar-refractivity contribution in [3.05, 3.63) is 48.0 Å². The van der Waals surface area contributed by atoms with Crippen LogP contribution in [0.5, 0.6) is 0 Å². The Bertz CT molecular complexity index is 691. The number of hydrogen-bond acceptors (Lipinski definition) is 2. The van der Waals surface area contributed by atoms with Crippen molar-refractivity contribution in [3.8, 4) is 0 Å². The Kier molecular flexibility index (Phi) is 3.60. The van der Waals surface area contributed by atoms with Gasteiger partial charge in [0.15, 0.2) is 0 Å². The molecule has 1 saturated heterocycles. The fourth-order valence-corrected chi connectivity index (χ4v) is 2.79. The van der Waals surface area contributed by atoms with Gasteiger partial charge in [0.1, 0.15) is 6.04 Å². The number of amides is 2. The summed E-state index contributed by atoms with van der Waals surface area (Å²) < 4.78 is 0. The SMILES string of the molecule is CC1C(=O)NCCCN1C(=O)c1cccc2ccccc12. The lowest BCUT2D eigenvalue weighted by molar-refractivity contribution is -0.124. The molecule has 4 nitrogen and oxygen atoms in total. The van der Waals surface area contributed by atoms with Crippen LogP contribution in [0.2, 0.25) is 0 Å². The third-order valence-electron chi connectivity index (χ3n) is 4.00. The second-order valence-corrected chi connectivity index (χ2v) is 5.35. The topological polar surface area (TPSA) is 49.4 Å². The van der Waals surface area contributed by atoms with Gasteiger partial charge in [0.2, 0.25) is 5.91 Å². The van der Waals surface area contributed by atoms with Crippen LogP contribution in [0.3, 0.4) is 0 Å². The van der Waals surface area contributed by atoms with Gasteiger partial charge in [0, 0.05) is 18.7 Å². The molecule has 1 N–H and O–H groups in total. The summed E-state index contributed by atoms with van der Waals surface area (Å²) in [4.78, 5) is 26.5. The molecular formula is C17H18N2O2. The normalized spacial score (nSPS) is 19.2. The van der Waals surface area contributed by atoms with Crippen LogP contribution in [0.25, 0.3) is 10.8 Å². The summed E-state index contributed by atoms with van der Waals surface area (Å²) >= 11 is 0. The zero-order valence-corrected chi connectivity index (χ0v) is 12.0. The van der Waals surface area contributed by atoms with Crippen molar-refractivity contribution in [3.63, 3.8) is 0 Å². The van der Waals surface area contributed by atoms with E-state index < -0.39 is 6.04 Å². The Labute approximate surface area is 123 Å². The van der Waals surface area contributed by atoms with Crippen LogP contribution in [-0.4, -0.2) is 35.8 Å². The molecule has 1 fully saturated rings. The second-order valence-electron chi connectivity index (χ2n) is 5.35. The molecule has 1 heterocycles. The average Bonchev–Trinajstić information content (AvgIpc) is 2.68. The zero-order chi connectivity index (χ0) is 14.8. The fraction of sp³-hybridized carbons (Fsp3) is 0.294. The summed E-state index contributed by atoms with van der Waals surface area (Å²) in [5.41, 5.74) is 0.662. The number of nitrogens with one attached hydrogen (secondary N) is 1. The summed E-state index contributed by atoms with van der Waals surface area (Å²) in [5.74, 6) is -0.155. The van der Waals surface area contributed by atoms with E-state index in [9.17, 15) is 9.59 Å². The first kappa shape index (κ1) is 13.6. The molecule has 21 heavy (non-hydrogen) atoms. The Hall–Kier alpha value is -2.36. The van der Waals surface area contributed by atoms with Gasteiger partial charge in [-0.1, -0.05) is 36.4 Å². The molecule has 108 valence electrons. The van der Waals surface area contributed by atoms with E-state index in [1.54, 1.807) is 11.8 Å². The number of rotatable bonds is 1. The molecule has 2 aromatic rings. The lowest BCUT2D eigenvalue weighted by Gasteiger charge is -2.26. The molecule has 3 rings (SSSR count). The summed E-state index contributed by atoms with van der Waals surface area (Å²) in [6.07, 6.45) is 0.784. The van der Waals surface area contributed by atoms with Gasteiger partial charge in [-0.25, -0.2) is 0 Å². The van der Waals surface area contributed by atoms with Crippen LogP contribution in [0.15, 0.2) is 42.5 Å². The molecule has 0 spiro atoms. The molecule has 1 aliphatic rings. The van der Waals surface area contributed by atoms with E-state index in [2.05, 4.69) is 5.32 Å². The Morgan fingerprint density at radius 2 is 1.95 bits per heavy atom. The molecule has 0 radical (unpaired) electrons. The van der Waals surface area contributed by atoms with Crippen LogP contribution in [-0.2, 0) is 4.79 Å². The molecule has 4 heteroatoms. The maximum Gasteiger partial charge on any atom is 0.255 e. The standard InChI is InChI=1S/C17H18N2O2/c1-12-16(20)18-10-5-11-19(12)17(21)15-9-4-7-13-6-2-3-8-14(13)15/h2-4,6-9,12H,5,10-11H2,1H3,(H,18,20). The van der Waals surface area contributed by atoms with Gasteiger partial charge < -0.3 is 10.2 Å². The Morgan fingerprint density at radius 1 is 1.19 bits per heavy atom. The van der Waals surface area contributed by atoms with Crippen molar-refractivity contribution in [1.82, 2.24) is 10.2 Å². The number of benzene rings is 2. The molecule has 1 atom stereocenters. The summed E-state index contributed by atoms with van der Waals surface area (Å²) in [6, 6.07) is 13.1. The highest BCUT2D eigenvalue weighted by atomic mass is 16.2. The van der Waals surface area contributed by atoms with Crippen molar-refractivity contribution in [2.45, 2.75) is 19.4 Å². The number of carbonyl (C=O) groups is 2. The molecule has 0 aromatic heterocycles. The first-order valence-corrected chi connectivity index (χ1v) is 7.25. The van der Waals surface area contributed by atoms with Gasteiger partial charge in [-0.05, 0) is 30.2 Å². The van der Waals surface area contributed by atoms with Gasteiger partial charge in [-0.3, -0.25) is 9.59 Å². The van der Waals surface area contributed by atoms with Crippen LogP contribution in [0.1, 0.15) is 23.7 Å². The maximum atomic E-state index is 12.9. The van der Waals surface area contributed by atoms with Crippen LogP contribution in [0, 0.1) is 0 Å². The molecule has 0 saturated carbocycles. The lowest BCUT2D eigenvalue weighted by Crippen LogP contribution is -2.45. The van der Waals surface area contributed by atoms with Gasteiger partial charge in [-0.15, -0.1) is 0 Å². The summed E-state index contributed by atoms with van der Waals surface area (Å²) in [5, 5.41) is 4.80. The highest BCUT2D eigenvalue weighted by Gasteiger charge is 2.29. The molecule has 0 aliphatic carbocycles. The predicted octanol–water partition coefficient (Wildman–Crippen LogP) is 2.19. The molecule has 1 unspecified atom stereocenters. The summed E-state index contributed by atoms with van der Waals surface area (Å²) in [6.45, 7) is 3.01. The van der Waals surface area contributed by atoms with Gasteiger partial charge >= 0.3 is 0 Å². The number of carbonyl (C=O) groups excluding carboxylic acids is 2. The minimum Gasteiger partial charge on any atom is -0.354 e. The first-order chi connectivity index (χ1) is 10.2. The molecule has 2 amide bonds. The number of fused-ring (bicyclic) bond motifs is 1. The van der Waals surface area contributed by atoms with E-state index in [0.717, 1.165) is 17.2 Å². The Morgan fingerprint density at radius 3 is 2.81 bits per heavy atom. The molecular weight excluding hydrogens is 264 g/mol. The highest BCUT2D eigenvalue weighted by molar-refractivity contribution is 6.08. The van der Waals surface area contributed by atoms with Crippen molar-refractivity contribution in [2.75, 3.05) is 13.1 Å². The van der Waals surface area contributed by atoms with Crippen molar-refractivity contribution < 1.29 is 9.59 Å². The van der Waals surface area contributed by atoms with E-state index in [1.807, 2.05) is 42.5 Å². The second kappa shape index (κ2) is 5.56. The Balaban J connectivity index is 2.01. The quantitative estimate of drug-likeness (QED) is 0.871. The predicted molar refractivity (Wildman–Crippen MR) is 82.1 cm³/mol. The third-order valence-corrected chi connectivity index (χ3v) is 4.00.